The zero-order chi connectivity index (χ0) is 31.2. The Morgan fingerprint density at radius 1 is 0.475 bits per heavy atom. The Balaban J connectivity index is -0.000000132. The second kappa shape index (κ2) is 33.5. The minimum Gasteiger partial charge on any atom is -0.214 e. The molecule has 0 spiro atoms. The fourth-order valence-corrected chi connectivity index (χ4v) is 4.11. The van der Waals surface area contributed by atoms with Crippen LogP contribution in [0.15, 0.2) is 30.3 Å². The van der Waals surface area contributed by atoms with Crippen LogP contribution in [0.5, 0.6) is 0 Å². The summed E-state index contributed by atoms with van der Waals surface area (Å²) in [4.78, 5) is 0. The molecule has 0 bridgehead atoms. The third-order valence-corrected chi connectivity index (χ3v) is 7.26. The van der Waals surface area contributed by atoms with Crippen molar-refractivity contribution in [1.82, 2.24) is 0 Å². The van der Waals surface area contributed by atoms with Gasteiger partial charge in [-0.3, -0.25) is 0 Å². The fraction of sp³-hybridized carbons (Fsp3) is 0.808. The zero-order valence-corrected chi connectivity index (χ0v) is 30.3. The van der Waals surface area contributed by atoms with Crippen molar-refractivity contribution in [3.63, 3.8) is 0 Å². The standard InChI is InChI=1S/3C6H14N.C5H5.C3F9Ge.Hf/c3*1-3-5-7-6-4-2;1-2-4-5-3-1;4-1(5,6)13(2(7,8)9)3(10,11)12;/h3*3-6H2,1-2H3;1-5H;;/q4*-1;;+4. The van der Waals surface area contributed by atoms with Gasteiger partial charge in [-0.25, -0.2) is 12.1 Å². The molecule has 0 saturated heterocycles. The summed E-state index contributed by atoms with van der Waals surface area (Å²) in [7, 11) is 0. The van der Waals surface area contributed by atoms with Crippen molar-refractivity contribution < 1.29 is 65.4 Å². The molecule has 0 aromatic heterocycles. The first kappa shape index (κ1) is 49.7. The van der Waals surface area contributed by atoms with Crippen molar-refractivity contribution in [2.45, 2.75) is 95.1 Å². The number of halogens is 9. The Hall–Kier alpha value is 0.0130. The summed E-state index contributed by atoms with van der Waals surface area (Å²) in [5, 5.41) is -5.97. The Morgan fingerprint density at radius 3 is 0.750 bits per heavy atom. The van der Waals surface area contributed by atoms with E-state index in [9.17, 15) is 39.5 Å². The number of hydrogen-bond acceptors (Lipinski definition) is 0. The SMILES string of the molecule is CCC[N-]CCC.CCC[N-]CCC.CCC[N-]CCC.F[C](F)(F)[Ge]([C](F)(F)F)[C](F)(F)F.[Hf+4].c1cc[cH-]c1. The van der Waals surface area contributed by atoms with Crippen molar-refractivity contribution >= 4 is 14.3 Å². The molecule has 0 fully saturated rings. The van der Waals surface area contributed by atoms with E-state index in [1.165, 1.54) is 38.5 Å². The molecule has 0 atom stereocenters. The van der Waals surface area contributed by atoms with E-state index in [4.69, 9.17) is 0 Å². The molecular weight excluding hydrogens is 776 g/mol. The minimum atomic E-state index is -7.10. The van der Waals surface area contributed by atoms with Crippen molar-refractivity contribution in [2.75, 3.05) is 39.3 Å². The smallest absolute Gasteiger partial charge is 0.214 e. The van der Waals surface area contributed by atoms with Gasteiger partial charge in [0.2, 0.25) is 0 Å². The predicted molar refractivity (Wildman–Crippen MR) is 147 cm³/mol. The summed E-state index contributed by atoms with van der Waals surface area (Å²) >= 11 is -7.10. The van der Waals surface area contributed by atoms with E-state index in [0.29, 0.717) is 0 Å². The molecule has 0 amide bonds. The van der Waals surface area contributed by atoms with Gasteiger partial charge in [-0.15, -0.1) is 39.3 Å². The molecule has 1 rings (SSSR count). The number of alkyl halides is 9. The summed E-state index contributed by atoms with van der Waals surface area (Å²) < 4.78 is 102. The van der Waals surface area contributed by atoms with Gasteiger partial charge in [0.25, 0.3) is 0 Å². The predicted octanol–water partition coefficient (Wildman–Crippen LogP) is 10.7. The summed E-state index contributed by atoms with van der Waals surface area (Å²) in [6.45, 7) is 19.2. The quantitative estimate of drug-likeness (QED) is 0.0872. The monoisotopic (exact) mass is 826 g/mol. The van der Waals surface area contributed by atoms with E-state index in [-0.39, 0.29) is 25.8 Å². The molecule has 0 aliphatic rings. The number of hydrogen-bond donors (Lipinski definition) is 0. The molecule has 237 valence electrons. The van der Waals surface area contributed by atoms with Crippen LogP contribution < -0.4 is 0 Å². The average Bonchev–Trinajstić information content (AvgIpc) is 3.39. The molecule has 14 heteroatoms. The van der Waals surface area contributed by atoms with Crippen molar-refractivity contribution in [2.24, 2.45) is 0 Å². The molecule has 0 aliphatic carbocycles. The van der Waals surface area contributed by atoms with Crippen LogP contribution in [0.4, 0.5) is 39.5 Å². The van der Waals surface area contributed by atoms with Crippen LogP contribution in [0, 0.1) is 0 Å². The molecule has 1 radical (unpaired) electrons. The Morgan fingerprint density at radius 2 is 0.675 bits per heavy atom. The molecule has 0 heterocycles. The molecule has 0 unspecified atom stereocenters. The van der Waals surface area contributed by atoms with Crippen molar-refractivity contribution in [3.05, 3.63) is 46.3 Å². The largest absolute Gasteiger partial charge is 4.00 e. The second-order valence-corrected chi connectivity index (χ2v) is 13.0. The van der Waals surface area contributed by atoms with E-state index in [2.05, 4.69) is 57.5 Å². The molecule has 40 heavy (non-hydrogen) atoms. The van der Waals surface area contributed by atoms with Crippen LogP contribution >= 0.6 is 0 Å². The summed E-state index contributed by atoms with van der Waals surface area (Å²) in [6, 6.07) is 10.0. The first-order valence-electron chi connectivity index (χ1n) is 13.3. The van der Waals surface area contributed by atoms with Crippen LogP contribution in [-0.2, 0) is 25.8 Å². The van der Waals surface area contributed by atoms with Gasteiger partial charge >= 0.3 is 94.7 Å². The first-order valence-corrected chi connectivity index (χ1v) is 16.4. The van der Waals surface area contributed by atoms with Gasteiger partial charge in [0, 0.05) is 0 Å². The van der Waals surface area contributed by atoms with Crippen LogP contribution in [0.25, 0.3) is 16.0 Å². The molecule has 0 N–H and O–H groups in total. The maximum absolute atomic E-state index is 11.3. The van der Waals surface area contributed by atoms with E-state index >= 15 is 0 Å². The summed E-state index contributed by atoms with van der Waals surface area (Å²) in [5.74, 6) is 0. The third kappa shape index (κ3) is 42.5. The normalized spacial score (nSPS) is 10.9. The van der Waals surface area contributed by atoms with Gasteiger partial charge in [-0.1, -0.05) is 80.1 Å². The van der Waals surface area contributed by atoms with Crippen LogP contribution in [-0.4, -0.2) is 68.6 Å². The molecule has 3 nitrogen and oxygen atoms in total. The van der Waals surface area contributed by atoms with Gasteiger partial charge in [0.15, 0.2) is 0 Å². The molecule has 1 aromatic rings. The minimum absolute atomic E-state index is 0. The van der Waals surface area contributed by atoms with Gasteiger partial charge in [-0.2, -0.15) is 18.2 Å². The maximum Gasteiger partial charge on any atom is 4.00 e. The topological polar surface area (TPSA) is 42.3 Å². The van der Waals surface area contributed by atoms with Crippen molar-refractivity contribution in [3.8, 4) is 0 Å². The van der Waals surface area contributed by atoms with E-state index in [1.807, 2.05) is 30.3 Å². The average molecular weight is 824 g/mol. The molecule has 0 aliphatic heterocycles. The molecule has 0 saturated carbocycles. The van der Waals surface area contributed by atoms with Crippen LogP contribution in [0.1, 0.15) is 80.1 Å². The Kier molecular flexibility index (Phi) is 41.6. The van der Waals surface area contributed by atoms with Gasteiger partial charge in [-0.05, 0) is 0 Å². The van der Waals surface area contributed by atoms with Gasteiger partial charge in [0.1, 0.15) is 0 Å². The van der Waals surface area contributed by atoms with E-state index in [1.54, 1.807) is 0 Å². The van der Waals surface area contributed by atoms with Gasteiger partial charge in [0.05, 0.1) is 0 Å². The number of rotatable bonds is 12. The fourth-order valence-electron chi connectivity index (χ4n) is 2.09. The van der Waals surface area contributed by atoms with Crippen LogP contribution in [0.3, 0.4) is 0 Å². The molecule has 1 aromatic carbocycles. The first-order chi connectivity index (χ1) is 18.1. The maximum atomic E-state index is 11.3. The summed E-state index contributed by atoms with van der Waals surface area (Å²) in [6.07, 6.45) is 7.17. The molecular formula is C26H47F9GeHfN3. The van der Waals surface area contributed by atoms with E-state index in [0.717, 1.165) is 39.3 Å². The van der Waals surface area contributed by atoms with Gasteiger partial charge < -0.3 is 16.0 Å². The third-order valence-electron chi connectivity index (χ3n) is 3.70. The van der Waals surface area contributed by atoms with Crippen LogP contribution in [0.2, 0.25) is 0 Å². The van der Waals surface area contributed by atoms with E-state index < -0.39 is 29.4 Å². The summed E-state index contributed by atoms with van der Waals surface area (Å²) in [5.41, 5.74) is 0. The zero-order valence-electron chi connectivity index (χ0n) is 24.6. The number of nitrogens with zero attached hydrogens (tertiary/aromatic N) is 3. The van der Waals surface area contributed by atoms with Crippen molar-refractivity contribution in [1.29, 1.82) is 0 Å². The Labute approximate surface area is 259 Å². The second-order valence-electron chi connectivity index (χ2n) is 7.84. The Bertz CT molecular complexity index is 471.